The van der Waals surface area contributed by atoms with E-state index in [-0.39, 0.29) is 17.8 Å². The van der Waals surface area contributed by atoms with Crippen molar-refractivity contribution in [1.82, 2.24) is 10.2 Å². The van der Waals surface area contributed by atoms with Gasteiger partial charge in [-0.15, -0.1) is 0 Å². The van der Waals surface area contributed by atoms with Crippen LogP contribution in [0.25, 0.3) is 6.08 Å². The quantitative estimate of drug-likeness (QED) is 0.699. The zero-order valence-electron chi connectivity index (χ0n) is 11.6. The van der Waals surface area contributed by atoms with Gasteiger partial charge in [0.1, 0.15) is 11.5 Å². The van der Waals surface area contributed by atoms with Crippen LogP contribution in [0.1, 0.15) is 11.1 Å². The first-order valence-corrected chi connectivity index (χ1v) is 6.78. The van der Waals surface area contributed by atoms with Crippen molar-refractivity contribution in [3.63, 3.8) is 0 Å². The van der Waals surface area contributed by atoms with Gasteiger partial charge in [-0.05, 0) is 17.7 Å². The van der Waals surface area contributed by atoms with E-state index < -0.39 is 17.8 Å². The number of amides is 3. The fourth-order valence-corrected chi connectivity index (χ4v) is 2.23. The maximum Gasteiger partial charge on any atom is 0.329 e. The lowest BCUT2D eigenvalue weighted by atomic mass is 10.1. The Hall–Kier alpha value is -2.95. The van der Waals surface area contributed by atoms with E-state index in [4.69, 9.17) is 0 Å². The van der Waals surface area contributed by atoms with Gasteiger partial charge in [0.2, 0.25) is 0 Å². The maximum absolute atomic E-state index is 13.6. The van der Waals surface area contributed by atoms with Gasteiger partial charge in [-0.3, -0.25) is 9.69 Å². The molecule has 1 fully saturated rings. The zero-order chi connectivity index (χ0) is 15.5. The molecular formula is C17H13FN2O2. The lowest BCUT2D eigenvalue weighted by molar-refractivity contribution is -0.123. The summed E-state index contributed by atoms with van der Waals surface area (Å²) in [5.41, 5.74) is 1.18. The predicted octanol–water partition coefficient (Wildman–Crippen LogP) is 2.92. The number of imide groups is 1. The van der Waals surface area contributed by atoms with Crippen LogP contribution >= 0.6 is 0 Å². The van der Waals surface area contributed by atoms with Gasteiger partial charge < -0.3 is 5.32 Å². The molecule has 0 aromatic heterocycles. The number of nitrogens with one attached hydrogen (secondary N) is 1. The molecule has 3 rings (SSSR count). The summed E-state index contributed by atoms with van der Waals surface area (Å²) >= 11 is 0. The van der Waals surface area contributed by atoms with Crippen LogP contribution in [0.4, 0.5) is 9.18 Å². The monoisotopic (exact) mass is 296 g/mol. The van der Waals surface area contributed by atoms with Crippen LogP contribution in [-0.4, -0.2) is 16.8 Å². The number of carbonyl (C=O) groups excluding carboxylic acids is 2. The van der Waals surface area contributed by atoms with Gasteiger partial charge in [0, 0.05) is 5.56 Å². The molecule has 2 aromatic rings. The molecule has 0 spiro atoms. The molecule has 2 aromatic carbocycles. The van der Waals surface area contributed by atoms with Crippen molar-refractivity contribution in [2.24, 2.45) is 0 Å². The predicted molar refractivity (Wildman–Crippen MR) is 79.9 cm³/mol. The lowest BCUT2D eigenvalue weighted by Crippen LogP contribution is -2.30. The molecule has 1 aliphatic rings. The summed E-state index contributed by atoms with van der Waals surface area (Å²) in [7, 11) is 0. The summed E-state index contributed by atoms with van der Waals surface area (Å²) < 4.78 is 13.6. The molecule has 0 unspecified atom stereocenters. The van der Waals surface area contributed by atoms with E-state index in [1.807, 2.05) is 30.3 Å². The smallest absolute Gasteiger partial charge is 0.303 e. The molecular weight excluding hydrogens is 283 g/mol. The minimum Gasteiger partial charge on any atom is -0.303 e. The second-order valence-corrected chi connectivity index (χ2v) is 4.89. The van der Waals surface area contributed by atoms with Crippen LogP contribution in [0.5, 0.6) is 0 Å². The molecule has 0 saturated carbocycles. The van der Waals surface area contributed by atoms with Gasteiger partial charge in [0.25, 0.3) is 5.91 Å². The largest absolute Gasteiger partial charge is 0.329 e. The Kier molecular flexibility index (Phi) is 3.70. The van der Waals surface area contributed by atoms with E-state index in [1.54, 1.807) is 18.2 Å². The van der Waals surface area contributed by atoms with Crippen LogP contribution in [0.15, 0.2) is 60.3 Å². The Labute approximate surface area is 126 Å². The van der Waals surface area contributed by atoms with Crippen LogP contribution in [0.3, 0.4) is 0 Å². The SMILES string of the molecule is O=C1NC(=Cc2ccccc2F)C(=O)N1Cc1ccccc1. The summed E-state index contributed by atoms with van der Waals surface area (Å²) in [6, 6.07) is 14.8. The van der Waals surface area contributed by atoms with Crippen LogP contribution < -0.4 is 5.32 Å². The molecule has 5 heteroatoms. The van der Waals surface area contributed by atoms with E-state index in [1.165, 1.54) is 12.1 Å². The summed E-state index contributed by atoms with van der Waals surface area (Å²) in [6.07, 6.45) is 1.35. The second kappa shape index (κ2) is 5.81. The fourth-order valence-electron chi connectivity index (χ4n) is 2.23. The Bertz CT molecular complexity index is 756. The van der Waals surface area contributed by atoms with E-state index >= 15 is 0 Å². The molecule has 22 heavy (non-hydrogen) atoms. The molecule has 1 aliphatic heterocycles. The highest BCUT2D eigenvalue weighted by Gasteiger charge is 2.33. The highest BCUT2D eigenvalue weighted by molar-refractivity contribution is 6.13. The van der Waals surface area contributed by atoms with E-state index in [9.17, 15) is 14.0 Å². The van der Waals surface area contributed by atoms with Gasteiger partial charge >= 0.3 is 6.03 Å². The summed E-state index contributed by atoms with van der Waals surface area (Å²) in [6.45, 7) is 0.181. The van der Waals surface area contributed by atoms with Crippen molar-refractivity contribution in [2.45, 2.75) is 6.54 Å². The molecule has 0 atom stereocenters. The Morgan fingerprint density at radius 1 is 1.00 bits per heavy atom. The number of carbonyl (C=O) groups is 2. The van der Waals surface area contributed by atoms with Gasteiger partial charge in [-0.1, -0.05) is 48.5 Å². The van der Waals surface area contributed by atoms with Gasteiger partial charge in [0.05, 0.1) is 6.54 Å². The molecule has 0 aliphatic carbocycles. The highest BCUT2D eigenvalue weighted by Crippen LogP contribution is 2.18. The molecule has 1 saturated heterocycles. The fraction of sp³-hybridized carbons (Fsp3) is 0.0588. The summed E-state index contributed by atoms with van der Waals surface area (Å²) in [5, 5.41) is 2.48. The number of urea groups is 1. The Morgan fingerprint density at radius 3 is 2.41 bits per heavy atom. The Balaban J connectivity index is 1.84. The topological polar surface area (TPSA) is 49.4 Å². The number of benzene rings is 2. The molecule has 4 nitrogen and oxygen atoms in total. The molecule has 0 radical (unpaired) electrons. The summed E-state index contributed by atoms with van der Waals surface area (Å²) in [5.74, 6) is -0.907. The van der Waals surface area contributed by atoms with Crippen LogP contribution in [0.2, 0.25) is 0 Å². The first kappa shape index (κ1) is 14.0. The van der Waals surface area contributed by atoms with Crippen molar-refractivity contribution < 1.29 is 14.0 Å². The number of hydrogen-bond acceptors (Lipinski definition) is 2. The van der Waals surface area contributed by atoms with E-state index in [0.717, 1.165) is 10.5 Å². The van der Waals surface area contributed by atoms with E-state index in [2.05, 4.69) is 5.32 Å². The molecule has 110 valence electrons. The minimum absolute atomic E-state index is 0.0750. The van der Waals surface area contributed by atoms with Crippen molar-refractivity contribution >= 4 is 18.0 Å². The average molecular weight is 296 g/mol. The third-order valence-corrected chi connectivity index (χ3v) is 3.35. The minimum atomic E-state index is -0.503. The van der Waals surface area contributed by atoms with Crippen molar-refractivity contribution in [2.75, 3.05) is 0 Å². The van der Waals surface area contributed by atoms with Gasteiger partial charge in [0.15, 0.2) is 0 Å². The first-order chi connectivity index (χ1) is 10.6. The number of rotatable bonds is 3. The van der Waals surface area contributed by atoms with Crippen molar-refractivity contribution in [3.05, 3.63) is 77.2 Å². The summed E-state index contributed by atoms with van der Waals surface area (Å²) in [4.78, 5) is 25.3. The average Bonchev–Trinajstić information content (AvgIpc) is 2.78. The van der Waals surface area contributed by atoms with Crippen LogP contribution in [-0.2, 0) is 11.3 Å². The number of nitrogens with zero attached hydrogens (tertiary/aromatic N) is 1. The second-order valence-electron chi connectivity index (χ2n) is 4.89. The third-order valence-electron chi connectivity index (χ3n) is 3.35. The first-order valence-electron chi connectivity index (χ1n) is 6.78. The van der Waals surface area contributed by atoms with Crippen LogP contribution in [0, 0.1) is 5.82 Å². The third kappa shape index (κ3) is 2.74. The van der Waals surface area contributed by atoms with Crippen molar-refractivity contribution in [3.8, 4) is 0 Å². The van der Waals surface area contributed by atoms with Gasteiger partial charge in [-0.2, -0.15) is 0 Å². The zero-order valence-corrected chi connectivity index (χ0v) is 11.6. The highest BCUT2D eigenvalue weighted by atomic mass is 19.1. The van der Waals surface area contributed by atoms with E-state index in [0.29, 0.717) is 0 Å². The molecule has 0 bridgehead atoms. The molecule has 3 amide bonds. The van der Waals surface area contributed by atoms with Crippen molar-refractivity contribution in [1.29, 1.82) is 0 Å². The Morgan fingerprint density at radius 2 is 1.68 bits per heavy atom. The lowest BCUT2D eigenvalue weighted by Gasteiger charge is -2.11. The standard InChI is InChI=1S/C17H13FN2O2/c18-14-9-5-4-8-13(14)10-15-16(21)20(17(22)19-15)11-12-6-2-1-3-7-12/h1-10H,11H2,(H,19,22). The van der Waals surface area contributed by atoms with Gasteiger partial charge in [-0.25, -0.2) is 9.18 Å². The number of hydrogen-bond donors (Lipinski definition) is 1. The maximum atomic E-state index is 13.6. The molecule has 1 heterocycles. The molecule has 1 N–H and O–H groups in total. The number of halogens is 1. The normalized spacial score (nSPS) is 16.2.